The van der Waals surface area contributed by atoms with Crippen LogP contribution in [0.15, 0.2) is 24.3 Å². The standard InChI is InChI=1S/C16H26N2O/c1-13(12-14-6-2-3-8-16(14)17)18-10-5-4-7-15(18)9-11-19/h2-3,6,8,13,15,19H,4-5,7,9-12,17H2,1H3. The van der Waals surface area contributed by atoms with Gasteiger partial charge >= 0.3 is 0 Å². The molecule has 1 saturated heterocycles. The minimum atomic E-state index is 0.293. The number of anilines is 1. The van der Waals surface area contributed by atoms with Crippen LogP contribution in [0.1, 0.15) is 38.2 Å². The van der Waals surface area contributed by atoms with Crippen LogP contribution in [0.4, 0.5) is 5.69 Å². The summed E-state index contributed by atoms with van der Waals surface area (Å²) in [6.07, 6.45) is 5.68. The minimum Gasteiger partial charge on any atom is -0.399 e. The molecule has 1 fully saturated rings. The summed E-state index contributed by atoms with van der Waals surface area (Å²) in [5, 5.41) is 9.21. The van der Waals surface area contributed by atoms with Crippen molar-refractivity contribution in [2.75, 3.05) is 18.9 Å². The maximum Gasteiger partial charge on any atom is 0.0445 e. The number of nitrogens with zero attached hydrogens (tertiary/aromatic N) is 1. The Morgan fingerprint density at radius 2 is 2.16 bits per heavy atom. The summed E-state index contributed by atoms with van der Waals surface area (Å²) in [6.45, 7) is 3.72. The molecule has 1 aromatic rings. The number of para-hydroxylation sites is 1. The number of nitrogens with two attached hydrogens (primary N) is 1. The van der Waals surface area contributed by atoms with E-state index >= 15 is 0 Å². The van der Waals surface area contributed by atoms with Crippen LogP contribution in [-0.2, 0) is 6.42 Å². The van der Waals surface area contributed by atoms with Crippen molar-refractivity contribution in [3.8, 4) is 0 Å². The molecule has 0 aliphatic carbocycles. The van der Waals surface area contributed by atoms with Gasteiger partial charge in [0.15, 0.2) is 0 Å². The highest BCUT2D eigenvalue weighted by Crippen LogP contribution is 2.24. The van der Waals surface area contributed by atoms with Crippen LogP contribution in [0.25, 0.3) is 0 Å². The van der Waals surface area contributed by atoms with E-state index in [4.69, 9.17) is 5.73 Å². The third kappa shape index (κ3) is 3.71. The van der Waals surface area contributed by atoms with Crippen molar-refractivity contribution >= 4 is 5.69 Å². The number of aliphatic hydroxyl groups is 1. The van der Waals surface area contributed by atoms with Crippen LogP contribution in [0, 0.1) is 0 Å². The zero-order chi connectivity index (χ0) is 13.7. The molecule has 1 aliphatic heterocycles. The summed E-state index contributed by atoms with van der Waals surface area (Å²) in [6, 6.07) is 9.17. The topological polar surface area (TPSA) is 49.5 Å². The molecular weight excluding hydrogens is 236 g/mol. The van der Waals surface area contributed by atoms with Crippen molar-refractivity contribution in [3.05, 3.63) is 29.8 Å². The quantitative estimate of drug-likeness (QED) is 0.801. The van der Waals surface area contributed by atoms with Crippen LogP contribution in [0.2, 0.25) is 0 Å². The minimum absolute atomic E-state index is 0.293. The van der Waals surface area contributed by atoms with E-state index in [1.807, 2.05) is 12.1 Å². The van der Waals surface area contributed by atoms with Gasteiger partial charge in [0.1, 0.15) is 0 Å². The first-order chi connectivity index (χ1) is 9.22. The Bertz CT molecular complexity index is 392. The first kappa shape index (κ1) is 14.4. The Labute approximate surface area is 116 Å². The predicted octanol–water partition coefficient (Wildman–Crippen LogP) is 2.44. The molecular formula is C16H26N2O. The van der Waals surface area contributed by atoms with Gasteiger partial charge in [-0.2, -0.15) is 0 Å². The highest BCUT2D eigenvalue weighted by molar-refractivity contribution is 5.46. The zero-order valence-corrected chi connectivity index (χ0v) is 11.9. The van der Waals surface area contributed by atoms with E-state index in [0.717, 1.165) is 25.1 Å². The fourth-order valence-corrected chi connectivity index (χ4v) is 3.22. The normalized spacial score (nSPS) is 22.3. The van der Waals surface area contributed by atoms with E-state index in [0.29, 0.717) is 18.7 Å². The molecule has 106 valence electrons. The molecule has 2 unspecified atom stereocenters. The number of nitrogen functional groups attached to an aromatic ring is 1. The van der Waals surface area contributed by atoms with E-state index < -0.39 is 0 Å². The second kappa shape index (κ2) is 6.92. The van der Waals surface area contributed by atoms with Crippen molar-refractivity contribution in [1.82, 2.24) is 4.90 Å². The van der Waals surface area contributed by atoms with Crippen LogP contribution >= 0.6 is 0 Å². The maximum absolute atomic E-state index is 9.21. The number of benzene rings is 1. The lowest BCUT2D eigenvalue weighted by atomic mass is 9.95. The number of piperidine rings is 1. The van der Waals surface area contributed by atoms with Crippen molar-refractivity contribution in [1.29, 1.82) is 0 Å². The first-order valence-electron chi connectivity index (χ1n) is 7.42. The highest BCUT2D eigenvalue weighted by Gasteiger charge is 2.26. The van der Waals surface area contributed by atoms with Crippen LogP contribution < -0.4 is 5.73 Å². The Kier molecular flexibility index (Phi) is 5.23. The number of rotatable bonds is 5. The van der Waals surface area contributed by atoms with Crippen molar-refractivity contribution < 1.29 is 5.11 Å². The molecule has 0 bridgehead atoms. The van der Waals surface area contributed by atoms with Gasteiger partial charge in [-0.15, -0.1) is 0 Å². The number of hydrogen-bond acceptors (Lipinski definition) is 3. The summed E-state index contributed by atoms with van der Waals surface area (Å²) in [4.78, 5) is 2.56. The molecule has 3 N–H and O–H groups in total. The lowest BCUT2D eigenvalue weighted by Crippen LogP contribution is -2.46. The summed E-state index contributed by atoms with van der Waals surface area (Å²) < 4.78 is 0. The van der Waals surface area contributed by atoms with Gasteiger partial charge in [0.2, 0.25) is 0 Å². The summed E-state index contributed by atoms with van der Waals surface area (Å²) in [5.74, 6) is 0. The first-order valence-corrected chi connectivity index (χ1v) is 7.42. The molecule has 3 heteroatoms. The van der Waals surface area contributed by atoms with E-state index in [9.17, 15) is 5.11 Å². The van der Waals surface area contributed by atoms with E-state index in [1.165, 1.54) is 24.8 Å². The average Bonchev–Trinajstić information content (AvgIpc) is 2.42. The highest BCUT2D eigenvalue weighted by atomic mass is 16.3. The molecule has 19 heavy (non-hydrogen) atoms. The van der Waals surface area contributed by atoms with Gasteiger partial charge in [-0.25, -0.2) is 0 Å². The third-order valence-corrected chi connectivity index (χ3v) is 4.27. The molecule has 1 aliphatic rings. The second-order valence-electron chi connectivity index (χ2n) is 5.65. The lowest BCUT2D eigenvalue weighted by Gasteiger charge is -2.40. The van der Waals surface area contributed by atoms with Gasteiger partial charge in [0.05, 0.1) is 0 Å². The lowest BCUT2D eigenvalue weighted by molar-refractivity contribution is 0.0828. The van der Waals surface area contributed by atoms with Crippen LogP contribution in [-0.4, -0.2) is 35.2 Å². The van der Waals surface area contributed by atoms with Gasteiger partial charge in [0.25, 0.3) is 0 Å². The Hall–Kier alpha value is -1.06. The van der Waals surface area contributed by atoms with E-state index in [-0.39, 0.29) is 0 Å². The fourth-order valence-electron chi connectivity index (χ4n) is 3.22. The SMILES string of the molecule is CC(Cc1ccccc1N)N1CCCCC1CCO. The van der Waals surface area contributed by atoms with Gasteiger partial charge in [-0.1, -0.05) is 24.6 Å². The van der Waals surface area contributed by atoms with Crippen LogP contribution in [0.5, 0.6) is 0 Å². The van der Waals surface area contributed by atoms with Crippen molar-refractivity contribution in [2.45, 2.75) is 51.1 Å². The third-order valence-electron chi connectivity index (χ3n) is 4.27. The van der Waals surface area contributed by atoms with E-state index in [1.54, 1.807) is 0 Å². The monoisotopic (exact) mass is 262 g/mol. The molecule has 0 spiro atoms. The number of likely N-dealkylation sites (tertiary alicyclic amines) is 1. The molecule has 0 radical (unpaired) electrons. The molecule has 2 rings (SSSR count). The number of hydrogen-bond donors (Lipinski definition) is 2. The molecule has 3 nitrogen and oxygen atoms in total. The second-order valence-corrected chi connectivity index (χ2v) is 5.65. The summed E-state index contributed by atoms with van der Waals surface area (Å²) in [5.41, 5.74) is 8.17. The zero-order valence-electron chi connectivity index (χ0n) is 11.9. The summed E-state index contributed by atoms with van der Waals surface area (Å²) >= 11 is 0. The van der Waals surface area contributed by atoms with Gasteiger partial charge in [-0.3, -0.25) is 4.90 Å². The smallest absolute Gasteiger partial charge is 0.0445 e. The van der Waals surface area contributed by atoms with Crippen LogP contribution in [0.3, 0.4) is 0 Å². The summed E-state index contributed by atoms with van der Waals surface area (Å²) in [7, 11) is 0. The molecule has 0 amide bonds. The fraction of sp³-hybridized carbons (Fsp3) is 0.625. The molecule has 1 aromatic carbocycles. The van der Waals surface area contributed by atoms with E-state index in [2.05, 4.69) is 24.0 Å². The number of aliphatic hydroxyl groups excluding tert-OH is 1. The Morgan fingerprint density at radius 3 is 2.89 bits per heavy atom. The van der Waals surface area contributed by atoms with Crippen molar-refractivity contribution in [3.63, 3.8) is 0 Å². The predicted molar refractivity (Wildman–Crippen MR) is 80.1 cm³/mol. The maximum atomic E-state index is 9.21. The largest absolute Gasteiger partial charge is 0.399 e. The molecule has 0 saturated carbocycles. The Balaban J connectivity index is 2.01. The molecule has 0 aromatic heterocycles. The van der Waals surface area contributed by atoms with Gasteiger partial charge in [0, 0.05) is 24.4 Å². The average molecular weight is 262 g/mol. The van der Waals surface area contributed by atoms with Gasteiger partial charge in [-0.05, 0) is 50.8 Å². The molecule has 1 heterocycles. The van der Waals surface area contributed by atoms with Gasteiger partial charge < -0.3 is 10.8 Å². The molecule has 2 atom stereocenters. The Morgan fingerprint density at radius 1 is 1.37 bits per heavy atom. The van der Waals surface area contributed by atoms with Crippen molar-refractivity contribution in [2.24, 2.45) is 0 Å².